The Kier molecular flexibility index (Phi) is 4.38. The van der Waals surface area contributed by atoms with Crippen molar-refractivity contribution in [3.8, 4) is 5.75 Å². The number of thiocarbonyl (C=S) groups is 1. The van der Waals surface area contributed by atoms with E-state index in [9.17, 15) is 13.2 Å². The van der Waals surface area contributed by atoms with Gasteiger partial charge in [0.05, 0.1) is 11.2 Å². The average Bonchev–Trinajstić information content (AvgIpc) is 2.60. The number of hydrogen-bond acceptors (Lipinski definition) is 6. The summed E-state index contributed by atoms with van der Waals surface area (Å²) in [4.78, 5) is 11.9. The summed E-state index contributed by atoms with van der Waals surface area (Å²) in [5.74, 6) is -0.249. The van der Waals surface area contributed by atoms with Gasteiger partial charge in [0, 0.05) is 10.6 Å². The second kappa shape index (κ2) is 5.72. The van der Waals surface area contributed by atoms with E-state index in [0.717, 1.165) is 18.0 Å². The highest BCUT2D eigenvalue weighted by molar-refractivity contribution is 8.26. The highest BCUT2D eigenvalue weighted by atomic mass is 35.5. The normalized spacial score (nSPS) is 17.4. The van der Waals surface area contributed by atoms with Gasteiger partial charge in [-0.25, -0.2) is 0 Å². The Balaban J connectivity index is 2.45. The Bertz CT molecular complexity index is 727. The summed E-state index contributed by atoms with van der Waals surface area (Å²) >= 11 is 11.8. The Morgan fingerprint density at radius 2 is 2.15 bits per heavy atom. The minimum Gasteiger partial charge on any atom is -0.382 e. The molecular weight excluding hydrogens is 342 g/mol. The van der Waals surface area contributed by atoms with E-state index in [0.29, 0.717) is 19.8 Å². The quantitative estimate of drug-likeness (QED) is 0.512. The zero-order chi connectivity index (χ0) is 14.9. The molecule has 0 spiro atoms. The molecule has 1 aromatic carbocycles. The zero-order valence-electron chi connectivity index (χ0n) is 10.0. The fourth-order valence-corrected chi connectivity index (χ4v) is 3.13. The Labute approximate surface area is 130 Å². The molecule has 1 fully saturated rings. The summed E-state index contributed by atoms with van der Waals surface area (Å²) in [6.07, 6.45) is 2.41. The number of halogens is 1. The molecule has 0 bridgehead atoms. The maximum atomic E-state index is 11.6. The number of rotatable bonds is 3. The molecule has 0 unspecified atom stereocenters. The van der Waals surface area contributed by atoms with Gasteiger partial charge in [0.15, 0.2) is 0 Å². The fourth-order valence-electron chi connectivity index (χ4n) is 1.43. The summed E-state index contributed by atoms with van der Waals surface area (Å²) in [5, 5.41) is 2.86. The third kappa shape index (κ3) is 3.95. The van der Waals surface area contributed by atoms with Crippen LogP contribution in [0.5, 0.6) is 5.75 Å². The van der Waals surface area contributed by atoms with Crippen molar-refractivity contribution in [2.75, 3.05) is 6.26 Å². The smallest absolute Gasteiger partial charge is 0.306 e. The van der Waals surface area contributed by atoms with Crippen LogP contribution in [0.25, 0.3) is 6.08 Å². The van der Waals surface area contributed by atoms with Crippen molar-refractivity contribution < 1.29 is 17.4 Å². The molecule has 1 aliphatic heterocycles. The van der Waals surface area contributed by atoms with Crippen LogP contribution in [0.1, 0.15) is 5.56 Å². The first kappa shape index (κ1) is 15.3. The predicted molar refractivity (Wildman–Crippen MR) is 83.2 cm³/mol. The molecular formula is C11H8ClNO4S3. The van der Waals surface area contributed by atoms with E-state index < -0.39 is 10.1 Å². The molecule has 1 aromatic rings. The summed E-state index contributed by atoms with van der Waals surface area (Å²) in [6.45, 7) is 0. The van der Waals surface area contributed by atoms with Crippen LogP contribution in [-0.2, 0) is 14.9 Å². The van der Waals surface area contributed by atoms with Gasteiger partial charge >= 0.3 is 10.1 Å². The Morgan fingerprint density at radius 1 is 1.45 bits per heavy atom. The lowest BCUT2D eigenvalue weighted by atomic mass is 10.2. The zero-order valence-corrected chi connectivity index (χ0v) is 13.3. The van der Waals surface area contributed by atoms with Crippen molar-refractivity contribution in [2.45, 2.75) is 0 Å². The Morgan fingerprint density at radius 3 is 2.70 bits per heavy atom. The topological polar surface area (TPSA) is 72.5 Å². The fraction of sp³-hybridized carbons (Fsp3) is 0.0909. The SMILES string of the molecule is CS(=O)(=O)Oc1ccc(Cl)cc1/C=C1/SC(=S)NC1=O. The third-order valence-electron chi connectivity index (χ3n) is 2.14. The summed E-state index contributed by atoms with van der Waals surface area (Å²) in [5.41, 5.74) is 0.380. The van der Waals surface area contributed by atoms with Gasteiger partial charge in [0.1, 0.15) is 10.1 Å². The van der Waals surface area contributed by atoms with E-state index in [4.69, 9.17) is 28.0 Å². The lowest BCUT2D eigenvalue weighted by Crippen LogP contribution is -2.17. The molecule has 0 aliphatic carbocycles. The molecule has 0 atom stereocenters. The van der Waals surface area contributed by atoms with Gasteiger partial charge in [-0.15, -0.1) is 0 Å². The maximum Gasteiger partial charge on any atom is 0.306 e. The monoisotopic (exact) mass is 349 g/mol. The van der Waals surface area contributed by atoms with Gasteiger partial charge in [0.25, 0.3) is 5.91 Å². The number of benzene rings is 1. The van der Waals surface area contributed by atoms with E-state index in [1.165, 1.54) is 24.3 Å². The summed E-state index contributed by atoms with van der Waals surface area (Å²) in [6, 6.07) is 4.42. The molecule has 20 heavy (non-hydrogen) atoms. The van der Waals surface area contributed by atoms with E-state index in [2.05, 4.69) is 5.32 Å². The first-order chi connectivity index (χ1) is 9.24. The van der Waals surface area contributed by atoms with E-state index >= 15 is 0 Å². The van der Waals surface area contributed by atoms with Crippen LogP contribution in [0.2, 0.25) is 5.02 Å². The van der Waals surface area contributed by atoms with Gasteiger partial charge in [-0.05, 0) is 24.3 Å². The van der Waals surface area contributed by atoms with Crippen molar-refractivity contribution in [1.82, 2.24) is 5.32 Å². The summed E-state index contributed by atoms with van der Waals surface area (Å²) in [7, 11) is -3.68. The average molecular weight is 350 g/mol. The van der Waals surface area contributed by atoms with Crippen LogP contribution in [0.3, 0.4) is 0 Å². The number of nitrogens with one attached hydrogen (secondary N) is 1. The number of carbonyl (C=O) groups is 1. The standard InChI is InChI=1S/C11H8ClNO4S3/c1-20(15,16)17-8-3-2-7(12)4-6(8)5-9-10(14)13-11(18)19-9/h2-5H,1H3,(H,13,14,18)/b9-5+. The minimum absolute atomic E-state index is 0.0932. The first-order valence-corrected chi connectivity index (χ1v) is 8.60. The number of amides is 1. The molecule has 1 saturated heterocycles. The molecule has 1 N–H and O–H groups in total. The van der Waals surface area contributed by atoms with Crippen molar-refractivity contribution in [2.24, 2.45) is 0 Å². The molecule has 2 rings (SSSR count). The van der Waals surface area contributed by atoms with Crippen LogP contribution in [-0.4, -0.2) is 24.9 Å². The van der Waals surface area contributed by atoms with Crippen molar-refractivity contribution in [3.05, 3.63) is 33.7 Å². The molecule has 0 aromatic heterocycles. The van der Waals surface area contributed by atoms with Gasteiger partial charge in [0.2, 0.25) is 0 Å². The molecule has 9 heteroatoms. The number of hydrogen-bond donors (Lipinski definition) is 1. The van der Waals surface area contributed by atoms with E-state index in [-0.39, 0.29) is 11.7 Å². The number of carbonyl (C=O) groups excluding carboxylic acids is 1. The molecule has 0 saturated carbocycles. The maximum absolute atomic E-state index is 11.6. The van der Waals surface area contributed by atoms with Crippen LogP contribution in [0.15, 0.2) is 23.1 Å². The predicted octanol–water partition coefficient (Wildman–Crippen LogP) is 2.17. The van der Waals surface area contributed by atoms with Crippen molar-refractivity contribution in [1.29, 1.82) is 0 Å². The van der Waals surface area contributed by atoms with Crippen LogP contribution in [0, 0.1) is 0 Å². The molecule has 1 aliphatic rings. The second-order valence-corrected chi connectivity index (χ2v) is 7.55. The molecule has 5 nitrogen and oxygen atoms in total. The Hall–Kier alpha value is -1.09. The minimum atomic E-state index is -3.68. The first-order valence-electron chi connectivity index (χ1n) is 5.18. The van der Waals surface area contributed by atoms with E-state index in [1.54, 1.807) is 0 Å². The van der Waals surface area contributed by atoms with Gasteiger partial charge in [-0.2, -0.15) is 8.42 Å². The molecule has 0 radical (unpaired) electrons. The van der Waals surface area contributed by atoms with Gasteiger partial charge in [-0.3, -0.25) is 4.79 Å². The third-order valence-corrected chi connectivity index (χ3v) is 4.02. The molecule has 1 amide bonds. The highest BCUT2D eigenvalue weighted by Gasteiger charge is 2.23. The second-order valence-electron chi connectivity index (χ2n) is 3.82. The number of thioether (sulfide) groups is 1. The van der Waals surface area contributed by atoms with Gasteiger partial charge in [-0.1, -0.05) is 35.6 Å². The van der Waals surface area contributed by atoms with Crippen LogP contribution in [0.4, 0.5) is 0 Å². The van der Waals surface area contributed by atoms with Crippen LogP contribution >= 0.6 is 35.6 Å². The lowest BCUT2D eigenvalue weighted by molar-refractivity contribution is -0.115. The van der Waals surface area contributed by atoms with Crippen molar-refractivity contribution in [3.63, 3.8) is 0 Å². The van der Waals surface area contributed by atoms with Gasteiger partial charge < -0.3 is 9.50 Å². The molecule has 1 heterocycles. The highest BCUT2D eigenvalue weighted by Crippen LogP contribution is 2.31. The lowest BCUT2D eigenvalue weighted by Gasteiger charge is -2.07. The summed E-state index contributed by atoms with van der Waals surface area (Å²) < 4.78 is 27.6. The van der Waals surface area contributed by atoms with E-state index in [1.807, 2.05) is 0 Å². The van der Waals surface area contributed by atoms with Crippen molar-refractivity contribution >= 4 is 62.0 Å². The molecule has 106 valence electrons. The van der Waals surface area contributed by atoms with Crippen LogP contribution < -0.4 is 9.50 Å². The largest absolute Gasteiger partial charge is 0.382 e.